The zero-order valence-electron chi connectivity index (χ0n) is 13.7. The fourth-order valence-electron chi connectivity index (χ4n) is 2.67. The Morgan fingerprint density at radius 3 is 2.46 bits per heavy atom. The quantitative estimate of drug-likeness (QED) is 0.539. The van der Waals surface area contributed by atoms with Crippen LogP contribution in [0.25, 0.3) is 22.2 Å². The lowest BCUT2D eigenvalue weighted by Gasteiger charge is -2.05. The molecule has 0 aliphatic carbocycles. The van der Waals surface area contributed by atoms with E-state index >= 15 is 0 Å². The second kappa shape index (κ2) is 6.68. The summed E-state index contributed by atoms with van der Waals surface area (Å²) in [5.74, 6) is 0.551. The van der Waals surface area contributed by atoms with Crippen molar-refractivity contribution in [2.45, 2.75) is 11.3 Å². The molecule has 2 aromatic heterocycles. The van der Waals surface area contributed by atoms with E-state index in [4.69, 9.17) is 4.42 Å². The summed E-state index contributed by atoms with van der Waals surface area (Å²) in [6.45, 7) is 0. The first-order chi connectivity index (χ1) is 12.6. The molecule has 0 saturated carbocycles. The third-order valence-corrected chi connectivity index (χ3v) is 5.77. The highest BCUT2D eigenvalue weighted by molar-refractivity contribution is 7.91. The molecule has 0 N–H and O–H groups in total. The van der Waals surface area contributed by atoms with Gasteiger partial charge in [0.15, 0.2) is 9.84 Å². The van der Waals surface area contributed by atoms with Crippen LogP contribution in [0.2, 0.25) is 0 Å². The van der Waals surface area contributed by atoms with Gasteiger partial charge in [0.05, 0.1) is 10.6 Å². The Hall–Kier alpha value is -3.06. The summed E-state index contributed by atoms with van der Waals surface area (Å²) in [5.41, 5.74) is 0.746. The molecule has 0 aliphatic heterocycles. The first-order valence-corrected chi connectivity index (χ1v) is 9.71. The van der Waals surface area contributed by atoms with Crippen LogP contribution in [0, 0.1) is 0 Å². The van der Waals surface area contributed by atoms with Crippen LogP contribution in [0.5, 0.6) is 0 Å². The van der Waals surface area contributed by atoms with Gasteiger partial charge < -0.3 is 4.42 Å². The molecule has 0 bridgehead atoms. The Balaban J connectivity index is 1.52. The normalized spacial score (nSPS) is 11.7. The molecule has 26 heavy (non-hydrogen) atoms. The number of benzene rings is 2. The predicted molar refractivity (Wildman–Crippen MR) is 97.2 cm³/mol. The number of hydrogen-bond acceptors (Lipinski definition) is 6. The fourth-order valence-corrected chi connectivity index (χ4v) is 3.93. The molecular weight excluding hydrogens is 350 g/mol. The van der Waals surface area contributed by atoms with Crippen molar-refractivity contribution < 1.29 is 12.8 Å². The lowest BCUT2D eigenvalue weighted by molar-refractivity contribution is 0.510. The van der Waals surface area contributed by atoms with E-state index in [0.29, 0.717) is 16.7 Å². The first kappa shape index (κ1) is 16.4. The van der Waals surface area contributed by atoms with Crippen molar-refractivity contribution in [3.8, 4) is 11.5 Å². The Bertz CT molecular complexity index is 1150. The third kappa shape index (κ3) is 3.34. The molecule has 4 aromatic rings. The van der Waals surface area contributed by atoms with E-state index < -0.39 is 9.84 Å². The van der Waals surface area contributed by atoms with Crippen molar-refractivity contribution in [1.82, 2.24) is 15.2 Å². The molecule has 4 rings (SSSR count). The van der Waals surface area contributed by atoms with E-state index in [2.05, 4.69) is 15.2 Å². The molecule has 0 spiro atoms. The number of sulfone groups is 1. The Morgan fingerprint density at radius 2 is 1.65 bits per heavy atom. The summed E-state index contributed by atoms with van der Waals surface area (Å²) in [4.78, 5) is 4.23. The SMILES string of the molecule is O=S(=O)(CCc1nnc(-c2ccncc2)o1)c1ccc2ccccc2c1. The molecule has 130 valence electrons. The van der Waals surface area contributed by atoms with Crippen LogP contribution in [-0.4, -0.2) is 29.4 Å². The number of hydrogen-bond donors (Lipinski definition) is 0. The number of nitrogens with zero attached hydrogens (tertiary/aromatic N) is 3. The number of rotatable bonds is 5. The molecular formula is C19H15N3O3S. The minimum atomic E-state index is -3.44. The van der Waals surface area contributed by atoms with Crippen LogP contribution in [0.15, 0.2) is 76.3 Å². The topological polar surface area (TPSA) is 86.0 Å². The highest BCUT2D eigenvalue weighted by Gasteiger charge is 2.17. The minimum absolute atomic E-state index is 0.0939. The Morgan fingerprint density at radius 1 is 0.885 bits per heavy atom. The zero-order valence-corrected chi connectivity index (χ0v) is 14.6. The van der Waals surface area contributed by atoms with Crippen molar-refractivity contribution in [2.24, 2.45) is 0 Å². The average Bonchev–Trinajstić information content (AvgIpc) is 3.16. The molecule has 0 aliphatic rings. The van der Waals surface area contributed by atoms with Crippen LogP contribution in [-0.2, 0) is 16.3 Å². The van der Waals surface area contributed by atoms with Crippen LogP contribution in [0.1, 0.15) is 5.89 Å². The number of aromatic nitrogens is 3. The van der Waals surface area contributed by atoms with E-state index in [1.54, 1.807) is 36.7 Å². The van der Waals surface area contributed by atoms with Crippen molar-refractivity contribution in [3.63, 3.8) is 0 Å². The van der Waals surface area contributed by atoms with Crippen molar-refractivity contribution >= 4 is 20.6 Å². The van der Waals surface area contributed by atoms with Gasteiger partial charge in [0.25, 0.3) is 0 Å². The molecule has 0 atom stereocenters. The van der Waals surface area contributed by atoms with Crippen LogP contribution in [0.3, 0.4) is 0 Å². The van der Waals surface area contributed by atoms with Crippen LogP contribution < -0.4 is 0 Å². The van der Waals surface area contributed by atoms with Crippen LogP contribution in [0.4, 0.5) is 0 Å². The second-order valence-corrected chi connectivity index (χ2v) is 7.92. The number of fused-ring (bicyclic) bond motifs is 1. The maximum atomic E-state index is 12.6. The van der Waals surface area contributed by atoms with E-state index in [1.807, 2.05) is 30.3 Å². The standard InChI is InChI=1S/C19H15N3O3S/c23-26(24,17-6-5-14-3-1-2-4-16(14)13-17)12-9-18-21-22-19(25-18)15-7-10-20-11-8-15/h1-8,10-11,13H,9,12H2. The Kier molecular flexibility index (Phi) is 4.22. The molecule has 0 amide bonds. The summed E-state index contributed by atoms with van der Waals surface area (Å²) in [6, 6.07) is 16.3. The summed E-state index contributed by atoms with van der Waals surface area (Å²) >= 11 is 0. The summed E-state index contributed by atoms with van der Waals surface area (Å²) < 4.78 is 30.8. The molecule has 6 nitrogen and oxygen atoms in total. The van der Waals surface area contributed by atoms with Gasteiger partial charge in [-0.25, -0.2) is 8.42 Å². The summed E-state index contributed by atoms with van der Waals surface area (Å²) in [7, 11) is -3.44. The van der Waals surface area contributed by atoms with Gasteiger partial charge in [-0.2, -0.15) is 0 Å². The largest absolute Gasteiger partial charge is 0.421 e. The van der Waals surface area contributed by atoms with Crippen molar-refractivity contribution in [1.29, 1.82) is 0 Å². The maximum Gasteiger partial charge on any atom is 0.247 e. The van der Waals surface area contributed by atoms with E-state index in [1.165, 1.54) is 0 Å². The number of pyridine rings is 1. The zero-order chi connectivity index (χ0) is 18.0. The van der Waals surface area contributed by atoms with Crippen molar-refractivity contribution in [2.75, 3.05) is 5.75 Å². The van der Waals surface area contributed by atoms with Gasteiger partial charge in [0, 0.05) is 24.4 Å². The summed E-state index contributed by atoms with van der Waals surface area (Å²) in [5, 5.41) is 9.80. The maximum absolute atomic E-state index is 12.6. The molecule has 0 fully saturated rings. The van der Waals surface area contributed by atoms with Gasteiger partial charge in [0.2, 0.25) is 11.8 Å². The monoisotopic (exact) mass is 365 g/mol. The molecule has 2 heterocycles. The van der Waals surface area contributed by atoms with Gasteiger partial charge in [-0.15, -0.1) is 10.2 Å². The number of aryl methyl sites for hydroxylation is 1. The van der Waals surface area contributed by atoms with Gasteiger partial charge in [0.1, 0.15) is 0 Å². The van der Waals surface area contributed by atoms with Crippen molar-refractivity contribution in [3.05, 3.63) is 72.9 Å². The average molecular weight is 365 g/mol. The van der Waals surface area contributed by atoms with Gasteiger partial charge >= 0.3 is 0 Å². The molecule has 0 radical (unpaired) electrons. The summed E-state index contributed by atoms with van der Waals surface area (Å²) in [6.07, 6.45) is 3.42. The molecule has 7 heteroatoms. The van der Waals surface area contributed by atoms with Crippen LogP contribution >= 0.6 is 0 Å². The smallest absolute Gasteiger partial charge is 0.247 e. The fraction of sp³-hybridized carbons (Fsp3) is 0.105. The van der Waals surface area contributed by atoms with E-state index in [-0.39, 0.29) is 12.2 Å². The van der Waals surface area contributed by atoms with E-state index in [9.17, 15) is 8.42 Å². The molecule has 0 saturated heterocycles. The minimum Gasteiger partial charge on any atom is -0.421 e. The van der Waals surface area contributed by atoms with Gasteiger partial charge in [-0.05, 0) is 35.0 Å². The Labute approximate surface area is 150 Å². The van der Waals surface area contributed by atoms with Gasteiger partial charge in [-0.3, -0.25) is 4.98 Å². The highest BCUT2D eigenvalue weighted by atomic mass is 32.2. The first-order valence-electron chi connectivity index (χ1n) is 8.06. The predicted octanol–water partition coefficient (Wildman–Crippen LogP) is 3.30. The third-order valence-electron chi connectivity index (χ3n) is 4.06. The second-order valence-electron chi connectivity index (χ2n) is 5.81. The van der Waals surface area contributed by atoms with Gasteiger partial charge in [-0.1, -0.05) is 30.3 Å². The molecule has 0 unspecified atom stereocenters. The lowest BCUT2D eigenvalue weighted by atomic mass is 10.1. The lowest BCUT2D eigenvalue weighted by Crippen LogP contribution is -2.09. The highest BCUT2D eigenvalue weighted by Crippen LogP contribution is 2.21. The van der Waals surface area contributed by atoms with E-state index in [0.717, 1.165) is 16.3 Å². The molecule has 2 aromatic carbocycles.